The first-order valence-corrected chi connectivity index (χ1v) is 5.83. The van der Waals surface area contributed by atoms with Crippen molar-refractivity contribution in [3.8, 4) is 0 Å². The number of likely N-dealkylation sites (tertiary alicyclic amines) is 1. The second-order valence-electron chi connectivity index (χ2n) is 4.66. The van der Waals surface area contributed by atoms with E-state index in [1.165, 1.54) is 12.8 Å². The van der Waals surface area contributed by atoms with Crippen molar-refractivity contribution in [1.82, 2.24) is 10.2 Å². The van der Waals surface area contributed by atoms with Gasteiger partial charge in [-0.1, -0.05) is 0 Å². The number of hydrogen-bond donors (Lipinski definition) is 3. The average Bonchev–Trinajstić information content (AvgIpc) is 2.26. The van der Waals surface area contributed by atoms with E-state index in [1.807, 2.05) is 0 Å². The van der Waals surface area contributed by atoms with E-state index in [2.05, 4.69) is 24.2 Å². The van der Waals surface area contributed by atoms with Crippen LogP contribution in [0.25, 0.3) is 0 Å². The van der Waals surface area contributed by atoms with Crippen LogP contribution in [0.15, 0.2) is 0 Å². The summed E-state index contributed by atoms with van der Waals surface area (Å²) in [5, 5.41) is 21.3. The van der Waals surface area contributed by atoms with Gasteiger partial charge in [-0.25, -0.2) is 0 Å². The fourth-order valence-electron chi connectivity index (χ4n) is 2.20. The first-order valence-electron chi connectivity index (χ1n) is 5.83. The lowest BCUT2D eigenvalue weighted by Crippen LogP contribution is -2.47. The van der Waals surface area contributed by atoms with Crippen molar-refractivity contribution in [2.24, 2.45) is 5.92 Å². The zero-order valence-electron chi connectivity index (χ0n) is 9.82. The van der Waals surface area contributed by atoms with Crippen molar-refractivity contribution in [1.29, 1.82) is 0 Å². The third kappa shape index (κ3) is 4.07. The summed E-state index contributed by atoms with van der Waals surface area (Å²) in [7, 11) is 2.15. The minimum Gasteiger partial charge on any atom is -0.395 e. The maximum absolute atomic E-state index is 8.98. The molecule has 4 nitrogen and oxygen atoms in total. The molecule has 0 aliphatic carbocycles. The summed E-state index contributed by atoms with van der Waals surface area (Å²) in [5.74, 6) is 0.668. The number of piperidine rings is 1. The normalized spacial score (nSPS) is 22.2. The van der Waals surface area contributed by atoms with E-state index in [0.29, 0.717) is 12.0 Å². The summed E-state index contributed by atoms with van der Waals surface area (Å²) in [4.78, 5) is 2.35. The lowest BCUT2D eigenvalue weighted by molar-refractivity contribution is 0.135. The summed E-state index contributed by atoms with van der Waals surface area (Å²) in [6.07, 6.45) is 2.41. The molecule has 1 aliphatic rings. The molecule has 0 spiro atoms. The molecule has 0 aromatic carbocycles. The Hall–Kier alpha value is -0.160. The van der Waals surface area contributed by atoms with Crippen molar-refractivity contribution < 1.29 is 10.2 Å². The van der Waals surface area contributed by atoms with Crippen molar-refractivity contribution in [2.45, 2.75) is 31.8 Å². The standard InChI is InChI=1S/C11H24N2O2/c1-9(12-11(7-14)8-15)10-3-5-13(2)6-4-10/h9-12,14-15H,3-8H2,1-2H3. The SMILES string of the molecule is CC(NC(CO)CO)C1CCN(C)CC1. The summed E-state index contributed by atoms with van der Waals surface area (Å²) >= 11 is 0. The third-order valence-corrected chi connectivity index (χ3v) is 3.41. The summed E-state index contributed by atoms with van der Waals surface area (Å²) in [6, 6.07) is 0.211. The van der Waals surface area contributed by atoms with E-state index in [1.54, 1.807) is 0 Å². The second-order valence-corrected chi connectivity index (χ2v) is 4.66. The Kier molecular flexibility index (Phi) is 5.53. The van der Waals surface area contributed by atoms with Gasteiger partial charge >= 0.3 is 0 Å². The molecule has 1 fully saturated rings. The molecule has 90 valence electrons. The van der Waals surface area contributed by atoms with Gasteiger partial charge in [0.05, 0.1) is 19.3 Å². The van der Waals surface area contributed by atoms with Gasteiger partial charge in [-0.3, -0.25) is 0 Å². The molecule has 0 amide bonds. The zero-order valence-corrected chi connectivity index (χ0v) is 9.82. The maximum Gasteiger partial charge on any atom is 0.0607 e. The average molecular weight is 216 g/mol. The van der Waals surface area contributed by atoms with E-state index >= 15 is 0 Å². The Balaban J connectivity index is 2.30. The molecule has 0 bridgehead atoms. The third-order valence-electron chi connectivity index (χ3n) is 3.41. The summed E-state index contributed by atoms with van der Waals surface area (Å²) in [6.45, 7) is 4.47. The van der Waals surface area contributed by atoms with E-state index in [0.717, 1.165) is 13.1 Å². The van der Waals surface area contributed by atoms with Gasteiger partial charge in [-0.05, 0) is 45.8 Å². The number of aliphatic hydroxyl groups is 2. The molecule has 1 atom stereocenters. The van der Waals surface area contributed by atoms with Gasteiger partial charge in [0.1, 0.15) is 0 Å². The van der Waals surface area contributed by atoms with Crippen molar-refractivity contribution >= 4 is 0 Å². The molecular weight excluding hydrogens is 192 g/mol. The van der Waals surface area contributed by atoms with Gasteiger partial charge < -0.3 is 20.4 Å². The highest BCUT2D eigenvalue weighted by Gasteiger charge is 2.23. The van der Waals surface area contributed by atoms with Crippen molar-refractivity contribution in [3.63, 3.8) is 0 Å². The van der Waals surface area contributed by atoms with Crippen LogP contribution in [0, 0.1) is 5.92 Å². The van der Waals surface area contributed by atoms with E-state index in [9.17, 15) is 0 Å². The van der Waals surface area contributed by atoms with Crippen LogP contribution in [-0.4, -0.2) is 60.5 Å². The largest absolute Gasteiger partial charge is 0.395 e. The fourth-order valence-corrected chi connectivity index (χ4v) is 2.20. The van der Waals surface area contributed by atoms with Gasteiger partial charge in [-0.15, -0.1) is 0 Å². The highest BCUT2D eigenvalue weighted by Crippen LogP contribution is 2.19. The highest BCUT2D eigenvalue weighted by molar-refractivity contribution is 4.80. The molecule has 0 aromatic rings. The number of hydrogen-bond acceptors (Lipinski definition) is 4. The first kappa shape index (κ1) is 12.9. The number of nitrogens with zero attached hydrogens (tertiary/aromatic N) is 1. The Labute approximate surface area is 92.3 Å². The Morgan fingerprint density at radius 1 is 1.27 bits per heavy atom. The molecule has 1 unspecified atom stereocenters. The predicted octanol–water partition coefficient (Wildman–Crippen LogP) is -0.340. The highest BCUT2D eigenvalue weighted by atomic mass is 16.3. The quantitative estimate of drug-likeness (QED) is 0.588. The Morgan fingerprint density at radius 3 is 2.27 bits per heavy atom. The number of nitrogens with one attached hydrogen (secondary N) is 1. The molecule has 0 saturated carbocycles. The molecule has 1 heterocycles. The molecule has 1 saturated heterocycles. The smallest absolute Gasteiger partial charge is 0.0607 e. The molecule has 15 heavy (non-hydrogen) atoms. The fraction of sp³-hybridized carbons (Fsp3) is 1.00. The van der Waals surface area contributed by atoms with Gasteiger partial charge in [0, 0.05) is 6.04 Å². The lowest BCUT2D eigenvalue weighted by atomic mass is 9.90. The molecule has 0 aromatic heterocycles. The van der Waals surface area contributed by atoms with Crippen LogP contribution in [0.4, 0.5) is 0 Å². The van der Waals surface area contributed by atoms with Crippen LogP contribution in [0.1, 0.15) is 19.8 Å². The van der Waals surface area contributed by atoms with Crippen molar-refractivity contribution in [2.75, 3.05) is 33.4 Å². The monoisotopic (exact) mass is 216 g/mol. The predicted molar refractivity (Wildman–Crippen MR) is 60.8 cm³/mol. The first-order chi connectivity index (χ1) is 7.17. The molecule has 1 rings (SSSR count). The summed E-state index contributed by atoms with van der Waals surface area (Å²) in [5.41, 5.74) is 0. The topological polar surface area (TPSA) is 55.7 Å². The second kappa shape index (κ2) is 6.43. The molecule has 4 heteroatoms. The molecule has 0 radical (unpaired) electrons. The van der Waals surface area contributed by atoms with Gasteiger partial charge in [0.2, 0.25) is 0 Å². The number of rotatable bonds is 5. The zero-order chi connectivity index (χ0) is 11.3. The summed E-state index contributed by atoms with van der Waals surface area (Å²) < 4.78 is 0. The van der Waals surface area contributed by atoms with Crippen LogP contribution >= 0.6 is 0 Å². The minimum atomic E-state index is -0.167. The Morgan fingerprint density at radius 2 is 1.80 bits per heavy atom. The van der Waals surface area contributed by atoms with Crippen LogP contribution in [0.5, 0.6) is 0 Å². The molecule has 1 aliphatic heterocycles. The molecule has 3 N–H and O–H groups in total. The van der Waals surface area contributed by atoms with Crippen LogP contribution in [-0.2, 0) is 0 Å². The number of aliphatic hydroxyl groups excluding tert-OH is 2. The van der Waals surface area contributed by atoms with E-state index < -0.39 is 0 Å². The van der Waals surface area contributed by atoms with E-state index in [4.69, 9.17) is 10.2 Å². The van der Waals surface area contributed by atoms with Gasteiger partial charge in [0.25, 0.3) is 0 Å². The van der Waals surface area contributed by atoms with Gasteiger partial charge in [-0.2, -0.15) is 0 Å². The minimum absolute atomic E-state index is 0.00740. The van der Waals surface area contributed by atoms with Gasteiger partial charge in [0.15, 0.2) is 0 Å². The Bertz CT molecular complexity index is 166. The maximum atomic E-state index is 8.98. The van der Waals surface area contributed by atoms with E-state index in [-0.39, 0.29) is 19.3 Å². The molecular formula is C11H24N2O2. The van der Waals surface area contributed by atoms with Crippen molar-refractivity contribution in [3.05, 3.63) is 0 Å². The van der Waals surface area contributed by atoms with Crippen LogP contribution in [0.2, 0.25) is 0 Å². The lowest BCUT2D eigenvalue weighted by Gasteiger charge is -2.34. The van der Waals surface area contributed by atoms with Crippen LogP contribution in [0.3, 0.4) is 0 Å². The van der Waals surface area contributed by atoms with Crippen LogP contribution < -0.4 is 5.32 Å².